The van der Waals surface area contributed by atoms with Crippen LogP contribution in [0.15, 0.2) is 99.8 Å². The van der Waals surface area contributed by atoms with E-state index in [-0.39, 0.29) is 49.6 Å². The molecule has 0 saturated carbocycles. The Balaban J connectivity index is 0.744. The largest absolute Gasteiger partial charge is 0.497 e. The molecule has 2 aromatic heterocycles. The Kier molecular flexibility index (Phi) is 17.3. The van der Waals surface area contributed by atoms with Crippen LogP contribution in [0.4, 0.5) is 0 Å². The zero-order chi connectivity index (χ0) is 51.4. The number of halogens is 1. The van der Waals surface area contributed by atoms with Gasteiger partial charge in [-0.3, -0.25) is 38.3 Å². The first-order chi connectivity index (χ1) is 35.4. The van der Waals surface area contributed by atoms with Gasteiger partial charge in [0.05, 0.1) is 49.9 Å². The molecule has 4 heterocycles. The van der Waals surface area contributed by atoms with E-state index in [1.54, 1.807) is 38.1 Å². The molecule has 0 spiro atoms. The van der Waals surface area contributed by atoms with Crippen LogP contribution in [0, 0.1) is 13.8 Å². The van der Waals surface area contributed by atoms with Gasteiger partial charge in [0.2, 0.25) is 23.6 Å². The number of hydrogen-bond donors (Lipinski definition) is 4. The molecule has 2 atom stereocenters. The number of aryl methyl sites for hydroxylation is 2. The second-order valence-electron chi connectivity index (χ2n) is 17.5. The number of aliphatic imine (C=N–C) groups is 2. The lowest BCUT2D eigenvalue weighted by Crippen LogP contribution is -2.35. The molecule has 380 valence electrons. The SMILES string of the molecule is CCNC(=O)CC1N=C(c2ccc(SCCC(=O)NCCCCCC(=O)NCCNC(=O)CC3N=C(c4ccc(Cl)cc4)c4cc(OC)ccc4-n4c(C)nnc43)cc2)c2cc(OC)ccc2-n2c(C)nnc21. The Hall–Kier alpha value is -7.38. The Morgan fingerprint density at radius 1 is 0.589 bits per heavy atom. The van der Waals surface area contributed by atoms with Crippen molar-refractivity contribution in [3.05, 3.63) is 136 Å². The maximum atomic E-state index is 13.3. The van der Waals surface area contributed by atoms with Gasteiger partial charge >= 0.3 is 0 Å². The number of thioether (sulfide) groups is 1. The summed E-state index contributed by atoms with van der Waals surface area (Å²) in [6.07, 6.45) is 3.03. The van der Waals surface area contributed by atoms with Crippen molar-refractivity contribution >= 4 is 58.4 Å². The lowest BCUT2D eigenvalue weighted by Gasteiger charge is -2.14. The van der Waals surface area contributed by atoms with Crippen molar-refractivity contribution in [3.63, 3.8) is 0 Å². The number of aromatic nitrogens is 6. The second kappa shape index (κ2) is 24.4. The average molecular weight is 1030 g/mol. The summed E-state index contributed by atoms with van der Waals surface area (Å²) in [5, 5.41) is 29.8. The molecule has 0 bridgehead atoms. The first-order valence-electron chi connectivity index (χ1n) is 24.4. The fourth-order valence-corrected chi connectivity index (χ4v) is 9.78. The van der Waals surface area contributed by atoms with Crippen LogP contribution in [0.2, 0.25) is 5.02 Å². The van der Waals surface area contributed by atoms with E-state index in [9.17, 15) is 19.2 Å². The number of amides is 4. The molecule has 0 aliphatic carbocycles. The third-order valence-corrected chi connectivity index (χ3v) is 13.7. The first kappa shape index (κ1) is 52.0. The number of carbonyl (C=O) groups is 4. The molecule has 20 heteroatoms. The van der Waals surface area contributed by atoms with Crippen LogP contribution < -0.4 is 30.7 Å². The van der Waals surface area contributed by atoms with Gasteiger partial charge in [0.25, 0.3) is 0 Å². The van der Waals surface area contributed by atoms with E-state index < -0.39 is 12.1 Å². The minimum Gasteiger partial charge on any atom is -0.497 e. The Morgan fingerprint density at radius 3 is 1.62 bits per heavy atom. The molecule has 0 radical (unpaired) electrons. The van der Waals surface area contributed by atoms with Gasteiger partial charge in [0, 0.05) is 76.9 Å². The van der Waals surface area contributed by atoms with Gasteiger partial charge in [-0.1, -0.05) is 42.3 Å². The number of unbranched alkanes of at least 4 members (excludes halogenated alkanes) is 2. The number of rotatable bonds is 22. The van der Waals surface area contributed by atoms with Gasteiger partial charge in [-0.25, -0.2) is 0 Å². The van der Waals surface area contributed by atoms with Crippen molar-refractivity contribution in [2.45, 2.75) is 82.7 Å². The maximum Gasteiger partial charge on any atom is 0.222 e. The third kappa shape index (κ3) is 12.6. The van der Waals surface area contributed by atoms with Crippen LogP contribution in [-0.4, -0.2) is 111 Å². The molecule has 4 N–H and O–H groups in total. The molecule has 6 aromatic rings. The van der Waals surface area contributed by atoms with E-state index in [1.165, 1.54) is 0 Å². The standard InChI is InChI=1S/C53H59ClN12O6S/c1-6-55-48(69)30-42-52-63-61-32(2)65(52)45-22-18-38(72-5)29-41(45)51(59-42)35-13-19-39(20-14-35)73-27-23-47(68)56-24-9-7-8-10-46(67)57-25-26-58-49(70)31-43-53-64-62-33(3)66(53)44-21-17-37(71-4)28-40(44)50(60-43)34-11-15-36(54)16-12-34/h11-22,28-29,42-43H,6-10,23-27,30-31H2,1-5H3,(H,55,69)(H,56,68)(H,57,67)(H,58,70). The summed E-state index contributed by atoms with van der Waals surface area (Å²) < 4.78 is 15.0. The van der Waals surface area contributed by atoms with Gasteiger partial charge in [0.15, 0.2) is 11.6 Å². The molecule has 2 aliphatic heterocycles. The normalized spacial score (nSPS) is 14.4. The minimum atomic E-state index is -0.647. The van der Waals surface area contributed by atoms with Gasteiger partial charge in [-0.05, 0) is 94.3 Å². The topological polar surface area (TPSA) is 221 Å². The molecule has 4 aromatic carbocycles. The number of ether oxygens (including phenoxy) is 2. The van der Waals surface area contributed by atoms with Gasteiger partial charge in [-0.15, -0.1) is 32.2 Å². The van der Waals surface area contributed by atoms with Crippen LogP contribution in [0.25, 0.3) is 11.4 Å². The lowest BCUT2D eigenvalue weighted by molar-refractivity contribution is -0.123. The summed E-state index contributed by atoms with van der Waals surface area (Å²) in [6.45, 7) is 7.19. The van der Waals surface area contributed by atoms with E-state index in [0.717, 1.165) is 51.4 Å². The number of fused-ring (bicyclic) bond motifs is 6. The van der Waals surface area contributed by atoms with Crippen LogP contribution in [0.5, 0.6) is 11.5 Å². The Labute approximate surface area is 433 Å². The zero-order valence-electron chi connectivity index (χ0n) is 41.5. The van der Waals surface area contributed by atoms with E-state index in [2.05, 4.69) is 41.7 Å². The smallest absolute Gasteiger partial charge is 0.222 e. The molecule has 0 saturated heterocycles. The van der Waals surface area contributed by atoms with Crippen LogP contribution in [0.1, 0.15) is 110 Å². The molecule has 0 fully saturated rings. The average Bonchev–Trinajstić information content (AvgIpc) is 3.90. The number of carbonyl (C=O) groups excluding carboxylic acids is 4. The predicted molar refractivity (Wildman–Crippen MR) is 281 cm³/mol. The maximum absolute atomic E-state index is 13.3. The number of methoxy groups -OCH3 is 2. The van der Waals surface area contributed by atoms with Crippen LogP contribution in [0.3, 0.4) is 0 Å². The van der Waals surface area contributed by atoms with Crippen molar-refractivity contribution in [2.75, 3.05) is 46.2 Å². The summed E-state index contributed by atoms with van der Waals surface area (Å²) in [6, 6.07) is 25.7. The number of benzene rings is 4. The molecule has 8 rings (SSSR count). The van der Waals surface area contributed by atoms with E-state index >= 15 is 0 Å². The van der Waals surface area contributed by atoms with E-state index in [4.69, 9.17) is 31.1 Å². The highest BCUT2D eigenvalue weighted by atomic mass is 35.5. The Morgan fingerprint density at radius 2 is 1.08 bits per heavy atom. The molecule has 2 unspecified atom stereocenters. The quantitative estimate of drug-likeness (QED) is 0.0404. The van der Waals surface area contributed by atoms with E-state index in [1.807, 2.05) is 103 Å². The minimum absolute atomic E-state index is 0.0133. The van der Waals surface area contributed by atoms with Crippen molar-refractivity contribution in [1.82, 2.24) is 50.8 Å². The number of nitrogens with one attached hydrogen (secondary N) is 4. The fraction of sp³-hybridized carbons (Fsp3) is 0.358. The third-order valence-electron chi connectivity index (χ3n) is 12.4. The van der Waals surface area contributed by atoms with Gasteiger partial charge in [-0.2, -0.15) is 0 Å². The van der Waals surface area contributed by atoms with E-state index in [0.29, 0.717) is 89.3 Å². The highest BCUT2D eigenvalue weighted by Crippen LogP contribution is 2.36. The molecule has 18 nitrogen and oxygen atoms in total. The summed E-state index contributed by atoms with van der Waals surface area (Å²) in [5.41, 5.74) is 6.39. The zero-order valence-corrected chi connectivity index (χ0v) is 43.1. The Bertz CT molecular complexity index is 3030. The summed E-state index contributed by atoms with van der Waals surface area (Å²) in [4.78, 5) is 62.7. The first-order valence-corrected chi connectivity index (χ1v) is 25.7. The number of nitrogens with zero attached hydrogens (tertiary/aromatic N) is 8. The van der Waals surface area contributed by atoms with Crippen molar-refractivity contribution < 1.29 is 28.7 Å². The molecular formula is C53H59ClN12O6S. The predicted octanol–water partition coefficient (Wildman–Crippen LogP) is 6.93. The highest BCUT2D eigenvalue weighted by Gasteiger charge is 2.32. The molecule has 4 amide bonds. The summed E-state index contributed by atoms with van der Waals surface area (Å²) >= 11 is 7.82. The number of hydrogen-bond acceptors (Lipinski definition) is 13. The lowest BCUT2D eigenvalue weighted by atomic mass is 10.00. The monoisotopic (exact) mass is 1030 g/mol. The molecular weight excluding hydrogens is 968 g/mol. The van der Waals surface area contributed by atoms with Crippen molar-refractivity contribution in [3.8, 4) is 22.9 Å². The molecule has 73 heavy (non-hydrogen) atoms. The summed E-state index contributed by atoms with van der Waals surface area (Å²) in [5.74, 6) is 3.92. The highest BCUT2D eigenvalue weighted by molar-refractivity contribution is 7.99. The van der Waals surface area contributed by atoms with Crippen LogP contribution >= 0.6 is 23.4 Å². The van der Waals surface area contributed by atoms with Gasteiger partial charge < -0.3 is 30.7 Å². The summed E-state index contributed by atoms with van der Waals surface area (Å²) in [7, 11) is 3.23. The van der Waals surface area contributed by atoms with Crippen molar-refractivity contribution in [2.24, 2.45) is 9.98 Å². The van der Waals surface area contributed by atoms with Gasteiger partial charge in [0.1, 0.15) is 35.2 Å². The second-order valence-corrected chi connectivity index (χ2v) is 19.1. The molecule has 2 aliphatic rings. The fourth-order valence-electron chi connectivity index (χ4n) is 8.80. The van der Waals surface area contributed by atoms with Crippen molar-refractivity contribution in [1.29, 1.82) is 0 Å². The van der Waals surface area contributed by atoms with Crippen LogP contribution in [-0.2, 0) is 19.2 Å².